The molecule has 1 aromatic carbocycles. The molecule has 0 unspecified atom stereocenters. The second kappa shape index (κ2) is 5.65. The van der Waals surface area contributed by atoms with E-state index in [-0.39, 0.29) is 17.0 Å². The van der Waals surface area contributed by atoms with E-state index in [1.54, 1.807) is 25.2 Å². The number of ether oxygens (including phenoxy) is 1. The molecular weight excluding hydrogens is 274 g/mol. The van der Waals surface area contributed by atoms with Crippen LogP contribution in [-0.4, -0.2) is 31.2 Å². The highest BCUT2D eigenvalue weighted by Crippen LogP contribution is 2.21. The first kappa shape index (κ1) is 12.7. The van der Waals surface area contributed by atoms with Gasteiger partial charge in [0.15, 0.2) is 5.78 Å². The second-order valence-electron chi connectivity index (χ2n) is 3.05. The third kappa shape index (κ3) is 2.61. The molecule has 1 N–H and O–H groups in total. The van der Waals surface area contributed by atoms with Crippen molar-refractivity contribution >= 4 is 27.6 Å². The maximum atomic E-state index is 11.5. The van der Waals surface area contributed by atoms with Crippen LogP contribution in [0.25, 0.3) is 0 Å². The van der Waals surface area contributed by atoms with Crippen molar-refractivity contribution in [2.45, 2.75) is 0 Å². The zero-order valence-electron chi connectivity index (χ0n) is 9.04. The highest BCUT2D eigenvalue weighted by Gasteiger charge is 2.13. The van der Waals surface area contributed by atoms with Crippen molar-refractivity contribution in [1.82, 2.24) is 5.32 Å². The summed E-state index contributed by atoms with van der Waals surface area (Å²) in [7, 11) is 3.01. The van der Waals surface area contributed by atoms with Crippen LogP contribution in [0.3, 0.4) is 0 Å². The van der Waals surface area contributed by atoms with Gasteiger partial charge < -0.3 is 10.1 Å². The number of nitrogens with one attached hydrogen (secondary N) is 1. The van der Waals surface area contributed by atoms with Crippen molar-refractivity contribution in [3.05, 3.63) is 29.3 Å². The Balaban J connectivity index is 3.16. The fraction of sp³-hybridized carbons (Fsp3) is 0.273. The Hall–Kier alpha value is -1.36. The minimum absolute atomic E-state index is 0.0830. The summed E-state index contributed by atoms with van der Waals surface area (Å²) in [5, 5.41) is 2.73. The number of methoxy groups -OCH3 is 1. The Morgan fingerprint density at radius 2 is 2.12 bits per heavy atom. The van der Waals surface area contributed by atoms with Crippen LogP contribution in [0.1, 0.15) is 20.7 Å². The van der Waals surface area contributed by atoms with E-state index in [1.165, 1.54) is 7.11 Å². The van der Waals surface area contributed by atoms with Crippen molar-refractivity contribution in [2.24, 2.45) is 0 Å². The van der Waals surface area contributed by atoms with Crippen molar-refractivity contribution in [3.8, 4) is 5.75 Å². The van der Waals surface area contributed by atoms with E-state index in [2.05, 4.69) is 21.2 Å². The zero-order chi connectivity index (χ0) is 12.1. The largest absolute Gasteiger partial charge is 0.496 e. The van der Waals surface area contributed by atoms with Crippen LogP contribution in [0, 0.1) is 0 Å². The summed E-state index contributed by atoms with van der Waals surface area (Å²) in [6.07, 6.45) is 0. The highest BCUT2D eigenvalue weighted by atomic mass is 79.9. The number of benzene rings is 1. The fourth-order valence-corrected chi connectivity index (χ4v) is 1.58. The maximum absolute atomic E-state index is 11.5. The Labute approximate surface area is 102 Å². The summed E-state index contributed by atoms with van der Waals surface area (Å²) < 4.78 is 5.08. The van der Waals surface area contributed by atoms with Gasteiger partial charge >= 0.3 is 0 Å². The molecule has 0 aliphatic heterocycles. The highest BCUT2D eigenvalue weighted by molar-refractivity contribution is 9.09. The lowest BCUT2D eigenvalue weighted by atomic mass is 10.1. The summed E-state index contributed by atoms with van der Waals surface area (Å²) in [6.45, 7) is 0. The Morgan fingerprint density at radius 3 is 2.62 bits per heavy atom. The van der Waals surface area contributed by atoms with Gasteiger partial charge in [0.05, 0.1) is 18.0 Å². The standard InChI is InChI=1S/C11H12BrNO3/c1-13-11(15)7-3-4-8(9(14)6-12)10(5-7)16-2/h3-5H,6H2,1-2H3,(H,13,15). The van der Waals surface area contributed by atoms with E-state index in [9.17, 15) is 9.59 Å². The molecule has 0 aliphatic carbocycles. The van der Waals surface area contributed by atoms with Gasteiger partial charge in [0.25, 0.3) is 5.91 Å². The Morgan fingerprint density at radius 1 is 1.44 bits per heavy atom. The van der Waals surface area contributed by atoms with E-state index in [0.29, 0.717) is 16.9 Å². The molecule has 4 nitrogen and oxygen atoms in total. The van der Waals surface area contributed by atoms with E-state index in [0.717, 1.165) is 0 Å². The zero-order valence-corrected chi connectivity index (χ0v) is 10.6. The van der Waals surface area contributed by atoms with Gasteiger partial charge in [-0.1, -0.05) is 15.9 Å². The topological polar surface area (TPSA) is 55.4 Å². The number of hydrogen-bond acceptors (Lipinski definition) is 3. The molecule has 0 saturated carbocycles. The van der Waals surface area contributed by atoms with Gasteiger partial charge in [-0.2, -0.15) is 0 Å². The summed E-state index contributed by atoms with van der Waals surface area (Å²) in [4.78, 5) is 22.9. The number of rotatable bonds is 4. The minimum atomic E-state index is -0.212. The molecule has 86 valence electrons. The smallest absolute Gasteiger partial charge is 0.251 e. The number of carbonyl (C=O) groups excluding carboxylic acids is 2. The van der Waals surface area contributed by atoms with Gasteiger partial charge in [-0.05, 0) is 18.2 Å². The van der Waals surface area contributed by atoms with Crippen LogP contribution in [0.15, 0.2) is 18.2 Å². The van der Waals surface area contributed by atoms with Crippen molar-refractivity contribution in [1.29, 1.82) is 0 Å². The number of carbonyl (C=O) groups is 2. The summed E-state index contributed by atoms with van der Waals surface area (Å²) >= 11 is 3.09. The van der Waals surface area contributed by atoms with Crippen LogP contribution in [0.5, 0.6) is 5.75 Å². The monoisotopic (exact) mass is 285 g/mol. The van der Waals surface area contributed by atoms with E-state index in [4.69, 9.17) is 4.74 Å². The third-order valence-corrected chi connectivity index (χ3v) is 2.62. The average molecular weight is 286 g/mol. The predicted octanol–water partition coefficient (Wildman–Crippen LogP) is 1.63. The molecule has 16 heavy (non-hydrogen) atoms. The molecule has 0 saturated heterocycles. The van der Waals surface area contributed by atoms with Crippen molar-refractivity contribution < 1.29 is 14.3 Å². The minimum Gasteiger partial charge on any atom is -0.496 e. The van der Waals surface area contributed by atoms with Crippen LogP contribution < -0.4 is 10.1 Å². The summed E-state index contributed by atoms with van der Waals surface area (Å²) in [5.74, 6) is 0.113. The van der Waals surface area contributed by atoms with E-state index < -0.39 is 0 Å². The summed E-state index contributed by atoms with van der Waals surface area (Å²) in [6, 6.07) is 4.74. The fourth-order valence-electron chi connectivity index (χ4n) is 1.28. The lowest BCUT2D eigenvalue weighted by Crippen LogP contribution is -2.18. The van der Waals surface area contributed by atoms with Gasteiger partial charge in [-0.3, -0.25) is 9.59 Å². The second-order valence-corrected chi connectivity index (χ2v) is 3.61. The molecule has 0 fully saturated rings. The first-order valence-electron chi connectivity index (χ1n) is 4.63. The molecule has 0 heterocycles. The quantitative estimate of drug-likeness (QED) is 0.676. The Bertz CT molecular complexity index is 418. The van der Waals surface area contributed by atoms with Gasteiger partial charge in [-0.15, -0.1) is 0 Å². The molecule has 0 spiro atoms. The molecule has 0 radical (unpaired) electrons. The molecule has 0 aromatic heterocycles. The number of alkyl halides is 1. The Kier molecular flexibility index (Phi) is 4.49. The molecule has 0 aliphatic rings. The first-order valence-corrected chi connectivity index (χ1v) is 5.75. The summed E-state index contributed by atoms with van der Waals surface area (Å²) in [5.41, 5.74) is 0.928. The number of ketones is 1. The third-order valence-electron chi connectivity index (χ3n) is 2.11. The first-order chi connectivity index (χ1) is 7.63. The molecule has 0 bridgehead atoms. The maximum Gasteiger partial charge on any atom is 0.251 e. The van der Waals surface area contributed by atoms with Crippen LogP contribution in [-0.2, 0) is 0 Å². The molecule has 5 heteroatoms. The molecule has 1 amide bonds. The lowest BCUT2D eigenvalue weighted by Gasteiger charge is -2.08. The van der Waals surface area contributed by atoms with Crippen LogP contribution in [0.4, 0.5) is 0 Å². The van der Waals surface area contributed by atoms with E-state index >= 15 is 0 Å². The van der Waals surface area contributed by atoms with Gasteiger partial charge in [-0.25, -0.2) is 0 Å². The van der Waals surface area contributed by atoms with E-state index in [1.807, 2.05) is 0 Å². The number of amides is 1. The van der Waals surface area contributed by atoms with Crippen LogP contribution in [0.2, 0.25) is 0 Å². The SMILES string of the molecule is CNC(=O)c1ccc(C(=O)CBr)c(OC)c1. The molecular formula is C11H12BrNO3. The average Bonchev–Trinajstić information content (AvgIpc) is 2.35. The molecule has 0 atom stereocenters. The predicted molar refractivity (Wildman–Crippen MR) is 64.5 cm³/mol. The number of halogens is 1. The number of hydrogen-bond donors (Lipinski definition) is 1. The van der Waals surface area contributed by atoms with Gasteiger partial charge in [0.2, 0.25) is 0 Å². The van der Waals surface area contributed by atoms with Crippen molar-refractivity contribution in [2.75, 3.05) is 19.5 Å². The lowest BCUT2D eigenvalue weighted by molar-refractivity contribution is 0.0960. The molecule has 1 aromatic rings. The van der Waals surface area contributed by atoms with Gasteiger partial charge in [0.1, 0.15) is 5.75 Å². The molecule has 1 rings (SSSR count). The van der Waals surface area contributed by atoms with Crippen LogP contribution >= 0.6 is 15.9 Å². The van der Waals surface area contributed by atoms with Gasteiger partial charge in [0, 0.05) is 12.6 Å². The number of Topliss-reactive ketones (excluding diaryl/α,β-unsaturated/α-hetero) is 1. The normalized spacial score (nSPS) is 9.69. The van der Waals surface area contributed by atoms with Crippen molar-refractivity contribution in [3.63, 3.8) is 0 Å².